The SMILES string of the molecule is COCCn1cc(C(=O)Nc2ccc3oc(=O)[nH]c3c2)c2ccccc21. The van der Waals surface area contributed by atoms with E-state index in [0.29, 0.717) is 35.5 Å². The number of H-pyrrole nitrogens is 1. The number of fused-ring (bicyclic) bond motifs is 2. The van der Waals surface area contributed by atoms with Crippen LogP contribution in [0.4, 0.5) is 5.69 Å². The lowest BCUT2D eigenvalue weighted by atomic mass is 10.1. The Morgan fingerprint density at radius 2 is 2.12 bits per heavy atom. The molecule has 7 nitrogen and oxygen atoms in total. The molecule has 0 aliphatic carbocycles. The minimum atomic E-state index is -0.523. The lowest BCUT2D eigenvalue weighted by Crippen LogP contribution is -2.11. The Labute approximate surface area is 148 Å². The maximum Gasteiger partial charge on any atom is 0.417 e. The van der Waals surface area contributed by atoms with Gasteiger partial charge in [-0.1, -0.05) is 18.2 Å². The third-order valence-electron chi connectivity index (χ3n) is 4.25. The number of amides is 1. The number of anilines is 1. The van der Waals surface area contributed by atoms with Gasteiger partial charge < -0.3 is 19.0 Å². The molecule has 0 unspecified atom stereocenters. The summed E-state index contributed by atoms with van der Waals surface area (Å²) in [5, 5.41) is 3.75. The number of aromatic amines is 1. The molecule has 132 valence electrons. The average molecular weight is 351 g/mol. The molecule has 0 atom stereocenters. The van der Waals surface area contributed by atoms with Crippen molar-refractivity contribution in [3.05, 3.63) is 64.8 Å². The lowest BCUT2D eigenvalue weighted by Gasteiger charge is -2.04. The zero-order valence-corrected chi connectivity index (χ0v) is 14.1. The molecule has 26 heavy (non-hydrogen) atoms. The molecule has 0 spiro atoms. The van der Waals surface area contributed by atoms with Crippen molar-refractivity contribution in [3.63, 3.8) is 0 Å². The number of hydrogen-bond donors (Lipinski definition) is 2. The van der Waals surface area contributed by atoms with Crippen LogP contribution in [-0.2, 0) is 11.3 Å². The second kappa shape index (κ2) is 6.53. The van der Waals surface area contributed by atoms with Gasteiger partial charge in [0.15, 0.2) is 5.58 Å². The molecular weight excluding hydrogens is 334 g/mol. The van der Waals surface area contributed by atoms with Crippen LogP contribution in [0.25, 0.3) is 22.0 Å². The van der Waals surface area contributed by atoms with Crippen LogP contribution < -0.4 is 11.1 Å². The van der Waals surface area contributed by atoms with E-state index in [4.69, 9.17) is 9.15 Å². The van der Waals surface area contributed by atoms with E-state index >= 15 is 0 Å². The number of nitrogens with one attached hydrogen (secondary N) is 2. The van der Waals surface area contributed by atoms with Gasteiger partial charge in [-0.15, -0.1) is 0 Å². The third-order valence-corrected chi connectivity index (χ3v) is 4.25. The summed E-state index contributed by atoms with van der Waals surface area (Å²) >= 11 is 0. The summed E-state index contributed by atoms with van der Waals surface area (Å²) in [6.45, 7) is 1.22. The molecule has 0 aliphatic rings. The number of benzene rings is 2. The molecule has 7 heteroatoms. The van der Waals surface area contributed by atoms with Crippen LogP contribution in [0.3, 0.4) is 0 Å². The van der Waals surface area contributed by atoms with Crippen molar-refractivity contribution >= 4 is 33.6 Å². The fourth-order valence-electron chi connectivity index (χ4n) is 3.03. The van der Waals surface area contributed by atoms with E-state index in [1.54, 1.807) is 25.3 Å². The van der Waals surface area contributed by atoms with E-state index in [2.05, 4.69) is 10.3 Å². The van der Waals surface area contributed by atoms with E-state index in [0.717, 1.165) is 10.9 Å². The number of rotatable bonds is 5. The number of carbonyl (C=O) groups is 1. The van der Waals surface area contributed by atoms with Gasteiger partial charge in [0.1, 0.15) is 0 Å². The number of nitrogens with zero attached hydrogens (tertiary/aromatic N) is 1. The Morgan fingerprint density at radius 1 is 1.27 bits per heavy atom. The van der Waals surface area contributed by atoms with E-state index in [1.807, 2.05) is 35.0 Å². The zero-order chi connectivity index (χ0) is 18.1. The number of oxazole rings is 1. The summed E-state index contributed by atoms with van der Waals surface area (Å²) in [7, 11) is 1.65. The monoisotopic (exact) mass is 351 g/mol. The van der Waals surface area contributed by atoms with Gasteiger partial charge in [-0.25, -0.2) is 4.79 Å². The molecule has 2 N–H and O–H groups in total. The minimum absolute atomic E-state index is 0.220. The zero-order valence-electron chi connectivity index (χ0n) is 14.1. The van der Waals surface area contributed by atoms with Gasteiger partial charge in [-0.3, -0.25) is 9.78 Å². The van der Waals surface area contributed by atoms with Crippen molar-refractivity contribution in [3.8, 4) is 0 Å². The minimum Gasteiger partial charge on any atom is -0.408 e. The van der Waals surface area contributed by atoms with Gasteiger partial charge in [-0.2, -0.15) is 0 Å². The number of para-hydroxylation sites is 1. The first-order valence-corrected chi connectivity index (χ1v) is 8.17. The quantitative estimate of drug-likeness (QED) is 0.578. The first-order valence-electron chi connectivity index (χ1n) is 8.17. The molecule has 2 aromatic carbocycles. The highest BCUT2D eigenvalue weighted by Gasteiger charge is 2.15. The molecule has 0 aliphatic heterocycles. The molecule has 0 saturated heterocycles. The van der Waals surface area contributed by atoms with Gasteiger partial charge in [0, 0.05) is 36.4 Å². The number of carbonyl (C=O) groups excluding carboxylic acids is 1. The van der Waals surface area contributed by atoms with E-state index < -0.39 is 5.76 Å². The fourth-order valence-corrected chi connectivity index (χ4v) is 3.03. The molecule has 0 bridgehead atoms. The number of hydrogen-bond acceptors (Lipinski definition) is 4. The highest BCUT2D eigenvalue weighted by atomic mass is 16.5. The molecule has 2 heterocycles. The maximum absolute atomic E-state index is 12.8. The van der Waals surface area contributed by atoms with Crippen molar-refractivity contribution in [2.45, 2.75) is 6.54 Å². The fraction of sp³-hybridized carbons (Fsp3) is 0.158. The van der Waals surface area contributed by atoms with Crippen LogP contribution in [0.5, 0.6) is 0 Å². The Balaban J connectivity index is 1.67. The van der Waals surface area contributed by atoms with Crippen molar-refractivity contribution in [2.24, 2.45) is 0 Å². The first-order chi connectivity index (χ1) is 12.7. The number of methoxy groups -OCH3 is 1. The summed E-state index contributed by atoms with van der Waals surface area (Å²) in [5.41, 5.74) is 3.12. The van der Waals surface area contributed by atoms with Gasteiger partial charge in [0.2, 0.25) is 0 Å². The molecular formula is C19H17N3O4. The topological polar surface area (TPSA) is 89.3 Å². The summed E-state index contributed by atoms with van der Waals surface area (Å²) < 4.78 is 12.1. The van der Waals surface area contributed by atoms with Crippen molar-refractivity contribution < 1.29 is 13.9 Å². The standard InChI is InChI=1S/C19H17N3O4/c1-25-9-8-22-11-14(13-4-2-3-5-16(13)22)18(23)20-12-6-7-17-15(10-12)21-19(24)26-17/h2-7,10-11H,8-9H2,1H3,(H,20,23)(H,21,24). The van der Waals surface area contributed by atoms with E-state index in [-0.39, 0.29) is 5.91 Å². The highest BCUT2D eigenvalue weighted by Crippen LogP contribution is 2.23. The van der Waals surface area contributed by atoms with Crippen LogP contribution in [0.1, 0.15) is 10.4 Å². The number of aromatic nitrogens is 2. The third kappa shape index (κ3) is 2.89. The lowest BCUT2D eigenvalue weighted by molar-refractivity contribution is 0.102. The van der Waals surface area contributed by atoms with Gasteiger partial charge >= 0.3 is 5.76 Å². The molecule has 4 aromatic rings. The van der Waals surface area contributed by atoms with Crippen LogP contribution in [0.2, 0.25) is 0 Å². The van der Waals surface area contributed by atoms with E-state index in [9.17, 15) is 9.59 Å². The van der Waals surface area contributed by atoms with Gasteiger partial charge in [-0.05, 0) is 24.3 Å². The predicted octanol–water partition coefficient (Wildman–Crippen LogP) is 2.97. The largest absolute Gasteiger partial charge is 0.417 e. The Kier molecular flexibility index (Phi) is 4.06. The molecule has 0 saturated carbocycles. The summed E-state index contributed by atoms with van der Waals surface area (Å²) in [4.78, 5) is 26.6. The predicted molar refractivity (Wildman–Crippen MR) is 98.6 cm³/mol. The second-order valence-corrected chi connectivity index (χ2v) is 5.93. The summed E-state index contributed by atoms with van der Waals surface area (Å²) in [6.07, 6.45) is 1.83. The highest BCUT2D eigenvalue weighted by molar-refractivity contribution is 6.13. The van der Waals surface area contributed by atoms with Crippen molar-refractivity contribution in [2.75, 3.05) is 19.0 Å². The van der Waals surface area contributed by atoms with Crippen LogP contribution >= 0.6 is 0 Å². The first kappa shape index (κ1) is 16.2. The van der Waals surface area contributed by atoms with Crippen molar-refractivity contribution in [1.29, 1.82) is 0 Å². The molecule has 2 aromatic heterocycles. The number of ether oxygens (including phenoxy) is 1. The Bertz CT molecular complexity index is 1150. The smallest absolute Gasteiger partial charge is 0.408 e. The molecule has 0 radical (unpaired) electrons. The van der Waals surface area contributed by atoms with Gasteiger partial charge in [0.05, 0.1) is 17.7 Å². The second-order valence-electron chi connectivity index (χ2n) is 5.93. The van der Waals surface area contributed by atoms with Crippen LogP contribution in [0.15, 0.2) is 57.9 Å². The molecule has 0 fully saturated rings. The normalized spacial score (nSPS) is 11.3. The Morgan fingerprint density at radius 3 is 2.96 bits per heavy atom. The molecule has 1 amide bonds. The average Bonchev–Trinajstić information content (AvgIpc) is 3.19. The maximum atomic E-state index is 12.8. The van der Waals surface area contributed by atoms with E-state index in [1.165, 1.54) is 0 Å². The van der Waals surface area contributed by atoms with Gasteiger partial charge in [0.25, 0.3) is 5.91 Å². The van der Waals surface area contributed by atoms with Crippen LogP contribution in [0, 0.1) is 0 Å². The molecule has 4 rings (SSSR count). The summed E-state index contributed by atoms with van der Waals surface area (Å²) in [5.74, 6) is -0.743. The Hall–Kier alpha value is -3.32. The van der Waals surface area contributed by atoms with Crippen LogP contribution in [-0.4, -0.2) is 29.2 Å². The summed E-state index contributed by atoms with van der Waals surface area (Å²) in [6, 6.07) is 12.8. The van der Waals surface area contributed by atoms with Crippen molar-refractivity contribution in [1.82, 2.24) is 9.55 Å².